The van der Waals surface area contributed by atoms with E-state index in [-0.39, 0.29) is 5.41 Å². The first-order valence-electron chi connectivity index (χ1n) is 11.8. The van der Waals surface area contributed by atoms with Crippen molar-refractivity contribution in [1.29, 1.82) is 0 Å². The molecule has 4 aromatic rings. The fourth-order valence-electron chi connectivity index (χ4n) is 3.83. The van der Waals surface area contributed by atoms with E-state index in [0.29, 0.717) is 34.5 Å². The molecular formula is C30H30N2O3. The SMILES string of the molecule is CCOc1cccc(-c2cc(C(=O)ON=C(C)c3ccc(C(C)(C)C)cc3)c3ccccc3n2)c1. The Labute approximate surface area is 206 Å². The third-order valence-electron chi connectivity index (χ3n) is 5.81. The van der Waals surface area contributed by atoms with E-state index in [1.54, 1.807) is 6.07 Å². The average Bonchev–Trinajstić information content (AvgIpc) is 2.86. The molecule has 3 aromatic carbocycles. The van der Waals surface area contributed by atoms with E-state index >= 15 is 0 Å². The van der Waals surface area contributed by atoms with Crippen molar-refractivity contribution in [3.05, 3.63) is 95.6 Å². The van der Waals surface area contributed by atoms with Crippen molar-refractivity contribution < 1.29 is 14.4 Å². The number of oxime groups is 1. The Morgan fingerprint density at radius 3 is 2.40 bits per heavy atom. The quantitative estimate of drug-likeness (QED) is 0.172. The number of carbonyl (C=O) groups is 1. The maximum atomic E-state index is 13.2. The number of hydrogen-bond donors (Lipinski definition) is 0. The summed E-state index contributed by atoms with van der Waals surface area (Å²) in [6.45, 7) is 10.9. The molecule has 35 heavy (non-hydrogen) atoms. The van der Waals surface area contributed by atoms with Gasteiger partial charge in [-0.3, -0.25) is 0 Å². The van der Waals surface area contributed by atoms with Crippen LogP contribution in [0.2, 0.25) is 0 Å². The monoisotopic (exact) mass is 466 g/mol. The molecule has 0 saturated carbocycles. The molecule has 5 heteroatoms. The minimum absolute atomic E-state index is 0.0678. The summed E-state index contributed by atoms with van der Waals surface area (Å²) in [6, 6.07) is 25.1. The molecule has 0 aliphatic carbocycles. The van der Waals surface area contributed by atoms with Crippen molar-refractivity contribution in [2.24, 2.45) is 5.16 Å². The molecule has 0 aliphatic heterocycles. The van der Waals surface area contributed by atoms with Gasteiger partial charge in [0.2, 0.25) is 0 Å². The molecule has 1 heterocycles. The molecule has 0 N–H and O–H groups in total. The number of hydrogen-bond acceptors (Lipinski definition) is 5. The van der Waals surface area contributed by atoms with Gasteiger partial charge in [-0.15, -0.1) is 0 Å². The lowest BCUT2D eigenvalue weighted by atomic mass is 9.86. The molecular weight excluding hydrogens is 436 g/mol. The van der Waals surface area contributed by atoms with Gasteiger partial charge in [-0.05, 0) is 54.7 Å². The first-order valence-corrected chi connectivity index (χ1v) is 11.8. The van der Waals surface area contributed by atoms with Crippen molar-refractivity contribution in [2.75, 3.05) is 6.61 Å². The van der Waals surface area contributed by atoms with Crippen LogP contribution < -0.4 is 4.74 Å². The number of carbonyl (C=O) groups excluding carboxylic acids is 1. The van der Waals surface area contributed by atoms with E-state index in [1.165, 1.54) is 5.56 Å². The van der Waals surface area contributed by atoms with Gasteiger partial charge in [-0.25, -0.2) is 9.78 Å². The number of rotatable bonds is 6. The summed E-state index contributed by atoms with van der Waals surface area (Å²) in [7, 11) is 0. The molecule has 0 fully saturated rings. The molecule has 0 spiro atoms. The lowest BCUT2D eigenvalue weighted by Gasteiger charge is -2.19. The van der Waals surface area contributed by atoms with Gasteiger partial charge in [0, 0.05) is 10.9 Å². The Balaban J connectivity index is 1.64. The third kappa shape index (κ3) is 5.57. The molecule has 5 nitrogen and oxygen atoms in total. The second-order valence-corrected chi connectivity index (χ2v) is 9.42. The van der Waals surface area contributed by atoms with Gasteiger partial charge in [-0.2, -0.15) is 0 Å². The normalized spacial score (nSPS) is 12.0. The van der Waals surface area contributed by atoms with E-state index < -0.39 is 5.97 Å². The standard InChI is InChI=1S/C30H30N2O3/c1-6-34-24-11-9-10-22(18-24)28-19-26(25-12-7-8-13-27(25)31-28)29(33)35-32-20(2)21-14-16-23(17-15-21)30(3,4)5/h7-19H,6H2,1-5H3. The van der Waals surface area contributed by atoms with E-state index in [0.717, 1.165) is 16.9 Å². The fourth-order valence-corrected chi connectivity index (χ4v) is 3.83. The number of para-hydroxylation sites is 1. The van der Waals surface area contributed by atoms with Crippen molar-refractivity contribution >= 4 is 22.6 Å². The minimum atomic E-state index is -0.531. The van der Waals surface area contributed by atoms with Crippen LogP contribution in [-0.4, -0.2) is 23.3 Å². The highest BCUT2D eigenvalue weighted by atomic mass is 16.7. The minimum Gasteiger partial charge on any atom is -0.494 e. The predicted octanol–water partition coefficient (Wildman–Crippen LogP) is 7.18. The summed E-state index contributed by atoms with van der Waals surface area (Å²) >= 11 is 0. The Morgan fingerprint density at radius 1 is 0.943 bits per heavy atom. The van der Waals surface area contributed by atoms with Crippen LogP contribution in [0.1, 0.15) is 56.1 Å². The summed E-state index contributed by atoms with van der Waals surface area (Å²) in [5.41, 5.74) is 5.46. The maximum absolute atomic E-state index is 13.2. The molecule has 0 bridgehead atoms. The number of aromatic nitrogens is 1. The summed E-state index contributed by atoms with van der Waals surface area (Å²) in [5, 5.41) is 4.85. The fraction of sp³-hybridized carbons (Fsp3) is 0.233. The molecule has 0 radical (unpaired) electrons. The molecule has 1 aromatic heterocycles. The van der Waals surface area contributed by atoms with Crippen LogP contribution in [0.3, 0.4) is 0 Å². The molecule has 178 valence electrons. The highest BCUT2D eigenvalue weighted by molar-refractivity contribution is 6.05. The zero-order chi connectivity index (χ0) is 25.0. The highest BCUT2D eigenvalue weighted by Crippen LogP contribution is 2.28. The molecule has 0 amide bonds. The zero-order valence-corrected chi connectivity index (χ0v) is 20.8. The van der Waals surface area contributed by atoms with Crippen LogP contribution in [0.4, 0.5) is 0 Å². The molecule has 0 saturated heterocycles. The second kappa shape index (κ2) is 10.1. The first kappa shape index (κ1) is 24.1. The van der Waals surface area contributed by atoms with Crippen LogP contribution in [0.25, 0.3) is 22.2 Å². The van der Waals surface area contributed by atoms with Crippen LogP contribution in [0.5, 0.6) is 5.75 Å². The van der Waals surface area contributed by atoms with E-state index in [9.17, 15) is 4.79 Å². The number of nitrogens with zero attached hydrogens (tertiary/aromatic N) is 2. The van der Waals surface area contributed by atoms with Crippen molar-refractivity contribution in [3.8, 4) is 17.0 Å². The summed E-state index contributed by atoms with van der Waals surface area (Å²) in [6.07, 6.45) is 0. The lowest BCUT2D eigenvalue weighted by molar-refractivity contribution is 0.0518. The summed E-state index contributed by atoms with van der Waals surface area (Å²) in [5.74, 6) is 0.221. The van der Waals surface area contributed by atoms with Crippen molar-refractivity contribution in [3.63, 3.8) is 0 Å². The van der Waals surface area contributed by atoms with Crippen LogP contribution in [0.15, 0.2) is 84.0 Å². The van der Waals surface area contributed by atoms with Crippen LogP contribution in [-0.2, 0) is 10.3 Å². The van der Waals surface area contributed by atoms with Crippen LogP contribution >= 0.6 is 0 Å². The Morgan fingerprint density at radius 2 is 1.69 bits per heavy atom. The van der Waals surface area contributed by atoms with E-state index in [1.807, 2.05) is 74.5 Å². The van der Waals surface area contributed by atoms with Gasteiger partial charge in [0.1, 0.15) is 5.75 Å². The smallest absolute Gasteiger partial charge is 0.366 e. The van der Waals surface area contributed by atoms with Gasteiger partial charge < -0.3 is 9.57 Å². The van der Waals surface area contributed by atoms with Crippen molar-refractivity contribution in [2.45, 2.75) is 40.0 Å². The van der Waals surface area contributed by atoms with E-state index in [4.69, 9.17) is 14.6 Å². The van der Waals surface area contributed by atoms with Crippen LogP contribution in [0, 0.1) is 0 Å². The Bertz CT molecular complexity index is 1380. The predicted molar refractivity (Wildman–Crippen MR) is 141 cm³/mol. The van der Waals surface area contributed by atoms with Gasteiger partial charge >= 0.3 is 5.97 Å². The zero-order valence-electron chi connectivity index (χ0n) is 20.8. The molecule has 0 atom stereocenters. The number of fused-ring (bicyclic) bond motifs is 1. The maximum Gasteiger partial charge on any atom is 0.366 e. The number of ether oxygens (including phenoxy) is 1. The summed E-state index contributed by atoms with van der Waals surface area (Å²) < 4.78 is 5.63. The third-order valence-corrected chi connectivity index (χ3v) is 5.81. The highest BCUT2D eigenvalue weighted by Gasteiger charge is 2.17. The van der Waals surface area contributed by atoms with Crippen molar-refractivity contribution in [1.82, 2.24) is 4.98 Å². The second-order valence-electron chi connectivity index (χ2n) is 9.42. The topological polar surface area (TPSA) is 60.8 Å². The lowest BCUT2D eigenvalue weighted by Crippen LogP contribution is -2.11. The van der Waals surface area contributed by atoms with Gasteiger partial charge in [0.25, 0.3) is 0 Å². The molecule has 0 unspecified atom stereocenters. The largest absolute Gasteiger partial charge is 0.494 e. The molecule has 0 aliphatic rings. The molecule has 4 rings (SSSR count). The Kier molecular flexibility index (Phi) is 6.97. The van der Waals surface area contributed by atoms with Gasteiger partial charge in [0.05, 0.1) is 29.1 Å². The Hall–Kier alpha value is -3.99. The number of pyridine rings is 1. The van der Waals surface area contributed by atoms with Gasteiger partial charge in [0.15, 0.2) is 0 Å². The summed E-state index contributed by atoms with van der Waals surface area (Å²) in [4.78, 5) is 23.3. The van der Waals surface area contributed by atoms with E-state index in [2.05, 4.69) is 38.1 Å². The average molecular weight is 467 g/mol. The first-order chi connectivity index (χ1) is 16.8. The number of benzene rings is 3. The van der Waals surface area contributed by atoms with Gasteiger partial charge in [-0.1, -0.05) is 80.5 Å².